The number of nitro groups is 1. The second-order valence-corrected chi connectivity index (χ2v) is 2.73. The summed E-state index contributed by atoms with van der Waals surface area (Å²) in [6.45, 7) is 0. The lowest BCUT2D eigenvalue weighted by molar-refractivity contribution is -0.385. The number of nitrogens with zero attached hydrogens (tertiary/aromatic N) is 1. The van der Waals surface area contributed by atoms with E-state index >= 15 is 0 Å². The van der Waals surface area contributed by atoms with Crippen molar-refractivity contribution in [2.75, 3.05) is 7.11 Å². The maximum absolute atomic E-state index is 10.5. The Morgan fingerprint density at radius 2 is 2.17 bits per heavy atom. The summed E-state index contributed by atoms with van der Waals surface area (Å²) in [7, 11) is 1.52. The fraction of sp³-hybridized carbons (Fsp3) is 0.250. The van der Waals surface area contributed by atoms with E-state index in [1.807, 2.05) is 0 Å². The lowest BCUT2D eigenvalue weighted by atomic mass is 9.90. The van der Waals surface area contributed by atoms with E-state index in [9.17, 15) is 10.1 Å². The molecule has 0 aliphatic heterocycles. The molecule has 1 aromatic rings. The molecule has 4 nitrogen and oxygen atoms in total. The van der Waals surface area contributed by atoms with Crippen LogP contribution in [-0.2, 0) is 6.42 Å². The first kappa shape index (κ1) is 7.09. The monoisotopic (exact) mass is 165 g/mol. The second-order valence-electron chi connectivity index (χ2n) is 2.73. The van der Waals surface area contributed by atoms with Crippen LogP contribution < -0.4 is 4.74 Å². The molecule has 2 aliphatic rings. The van der Waals surface area contributed by atoms with Crippen molar-refractivity contribution in [3.63, 3.8) is 0 Å². The van der Waals surface area contributed by atoms with Crippen molar-refractivity contribution in [2.45, 2.75) is 6.42 Å². The topological polar surface area (TPSA) is 52.4 Å². The van der Waals surface area contributed by atoms with E-state index in [-0.39, 0.29) is 10.6 Å². The summed E-state index contributed by atoms with van der Waals surface area (Å²) in [6, 6.07) is 3.28. The van der Waals surface area contributed by atoms with Gasteiger partial charge in [0.1, 0.15) is 5.75 Å². The Kier molecular flexibility index (Phi) is 1.30. The highest BCUT2D eigenvalue weighted by Gasteiger charge is 2.26. The molecule has 0 unspecified atom stereocenters. The van der Waals surface area contributed by atoms with Crippen molar-refractivity contribution in [2.24, 2.45) is 0 Å². The molecule has 2 aliphatic carbocycles. The highest BCUT2D eigenvalue weighted by atomic mass is 16.6. The summed E-state index contributed by atoms with van der Waals surface area (Å²) in [5.74, 6) is 0.622. The van der Waals surface area contributed by atoms with E-state index in [0.717, 1.165) is 11.1 Å². The molecule has 0 spiro atoms. The van der Waals surface area contributed by atoms with Crippen molar-refractivity contribution >= 4 is 5.69 Å². The van der Waals surface area contributed by atoms with Crippen molar-refractivity contribution in [3.8, 4) is 5.75 Å². The summed E-state index contributed by atoms with van der Waals surface area (Å²) < 4.78 is 4.98. The van der Waals surface area contributed by atoms with Gasteiger partial charge in [-0.05, 0) is 11.6 Å². The summed E-state index contributed by atoms with van der Waals surface area (Å²) in [5.41, 5.74) is 2.02. The van der Waals surface area contributed by atoms with Crippen LogP contribution in [0.4, 0.5) is 5.69 Å². The van der Waals surface area contributed by atoms with Gasteiger partial charge in [0.25, 0.3) is 5.69 Å². The molecule has 0 fully saturated rings. The minimum absolute atomic E-state index is 0.168. The minimum Gasteiger partial charge on any atom is -0.496 e. The maximum Gasteiger partial charge on any atom is 0.276 e. The quantitative estimate of drug-likeness (QED) is 0.500. The van der Waals surface area contributed by atoms with Crippen molar-refractivity contribution in [1.29, 1.82) is 0 Å². The molecule has 0 heterocycles. The van der Waals surface area contributed by atoms with E-state index < -0.39 is 0 Å². The van der Waals surface area contributed by atoms with Crippen LogP contribution in [-0.4, -0.2) is 12.0 Å². The first-order chi connectivity index (χ1) is 5.72. The normalized spacial score (nSPS) is 12.1. The zero-order chi connectivity index (χ0) is 8.72. The van der Waals surface area contributed by atoms with Crippen LogP contribution in [0, 0.1) is 10.1 Å². The molecule has 62 valence electrons. The molecule has 0 aromatic heterocycles. The Morgan fingerprint density at radius 3 is 2.67 bits per heavy atom. The van der Waals surface area contributed by atoms with Gasteiger partial charge in [0.15, 0.2) is 0 Å². The lowest BCUT2D eigenvalue weighted by Gasteiger charge is -2.18. The number of rotatable bonds is 2. The third-order valence-corrected chi connectivity index (χ3v) is 2.06. The third kappa shape index (κ3) is 0.777. The first-order valence-corrected chi connectivity index (χ1v) is 3.56. The molecule has 0 saturated heterocycles. The molecule has 3 rings (SSSR count). The van der Waals surface area contributed by atoms with Crippen LogP contribution >= 0.6 is 0 Å². The summed E-state index contributed by atoms with van der Waals surface area (Å²) >= 11 is 0. The molecule has 0 radical (unpaired) electrons. The van der Waals surface area contributed by atoms with Gasteiger partial charge in [-0.15, -0.1) is 0 Å². The van der Waals surface area contributed by atoms with Gasteiger partial charge < -0.3 is 4.74 Å². The molecular weight excluding hydrogens is 158 g/mol. The molecule has 0 N–H and O–H groups in total. The lowest BCUT2D eigenvalue weighted by Crippen LogP contribution is -2.08. The Hall–Kier alpha value is -1.58. The second kappa shape index (κ2) is 2.20. The van der Waals surface area contributed by atoms with E-state index in [2.05, 4.69) is 0 Å². The number of benzene rings is 1. The van der Waals surface area contributed by atoms with Crippen LogP contribution in [0.25, 0.3) is 0 Å². The first-order valence-electron chi connectivity index (χ1n) is 3.56. The van der Waals surface area contributed by atoms with Crippen LogP contribution in [0.1, 0.15) is 11.1 Å². The van der Waals surface area contributed by atoms with Gasteiger partial charge in [-0.1, -0.05) is 0 Å². The number of fused-ring (bicyclic) bond motifs is 2. The summed E-state index contributed by atoms with van der Waals surface area (Å²) in [6.07, 6.45) is 0.677. The van der Waals surface area contributed by atoms with Gasteiger partial charge in [-0.2, -0.15) is 0 Å². The van der Waals surface area contributed by atoms with Gasteiger partial charge in [-0.3, -0.25) is 10.1 Å². The van der Waals surface area contributed by atoms with Gasteiger partial charge >= 0.3 is 0 Å². The SMILES string of the molecule is COc1cc([N+](=O)[O-])c2cc1C2. The molecule has 4 heteroatoms. The fourth-order valence-corrected chi connectivity index (χ4v) is 1.38. The van der Waals surface area contributed by atoms with Gasteiger partial charge in [0, 0.05) is 12.0 Å². The van der Waals surface area contributed by atoms with Crippen molar-refractivity contribution in [3.05, 3.63) is 33.4 Å². The zero-order valence-electron chi connectivity index (χ0n) is 6.53. The van der Waals surface area contributed by atoms with E-state index in [0.29, 0.717) is 12.2 Å². The van der Waals surface area contributed by atoms with Gasteiger partial charge in [0.05, 0.1) is 18.1 Å². The van der Waals surface area contributed by atoms with E-state index in [1.165, 1.54) is 13.2 Å². The fourth-order valence-electron chi connectivity index (χ4n) is 1.38. The van der Waals surface area contributed by atoms with E-state index in [1.54, 1.807) is 6.07 Å². The average Bonchev–Trinajstić information content (AvgIpc) is 2.01. The molecule has 0 saturated carbocycles. The van der Waals surface area contributed by atoms with E-state index in [4.69, 9.17) is 4.74 Å². The van der Waals surface area contributed by atoms with Crippen molar-refractivity contribution in [1.82, 2.24) is 0 Å². The predicted octanol–water partition coefficient (Wildman–Crippen LogP) is 1.51. The summed E-state index contributed by atoms with van der Waals surface area (Å²) in [5, 5.41) is 10.5. The van der Waals surface area contributed by atoms with Crippen LogP contribution in [0.3, 0.4) is 0 Å². The highest BCUT2D eigenvalue weighted by molar-refractivity contribution is 5.59. The largest absolute Gasteiger partial charge is 0.496 e. The molecule has 2 bridgehead atoms. The average molecular weight is 165 g/mol. The number of hydrogen-bond donors (Lipinski definition) is 0. The Bertz CT molecular complexity index is 360. The number of ether oxygens (including phenoxy) is 1. The minimum atomic E-state index is -0.374. The molecule has 0 amide bonds. The third-order valence-electron chi connectivity index (χ3n) is 2.06. The highest BCUT2D eigenvalue weighted by Crippen LogP contribution is 2.38. The van der Waals surface area contributed by atoms with Crippen LogP contribution in [0.5, 0.6) is 5.75 Å². The Morgan fingerprint density at radius 1 is 1.50 bits per heavy atom. The molecule has 12 heavy (non-hydrogen) atoms. The van der Waals surface area contributed by atoms with Crippen molar-refractivity contribution < 1.29 is 9.66 Å². The summed E-state index contributed by atoms with van der Waals surface area (Å²) in [4.78, 5) is 10.1. The number of hydrogen-bond acceptors (Lipinski definition) is 3. The zero-order valence-corrected chi connectivity index (χ0v) is 6.53. The van der Waals surface area contributed by atoms with Gasteiger partial charge in [0.2, 0.25) is 0 Å². The van der Waals surface area contributed by atoms with Crippen LogP contribution in [0.15, 0.2) is 12.1 Å². The number of nitro benzene ring substituents is 1. The van der Waals surface area contributed by atoms with Crippen LogP contribution in [0.2, 0.25) is 0 Å². The Labute approximate surface area is 68.9 Å². The Balaban J connectivity index is 2.53. The molecule has 0 atom stereocenters. The standard InChI is InChI=1S/C8H7NO3/c1-12-8-4-7(9(10)11)5-2-6(8)3-5/h2,4H,3H2,1H3. The molecule has 1 aromatic carbocycles. The predicted molar refractivity (Wildman–Crippen MR) is 42.5 cm³/mol. The number of methoxy groups -OCH3 is 1. The smallest absolute Gasteiger partial charge is 0.276 e. The molecular formula is C8H7NO3. The van der Waals surface area contributed by atoms with Gasteiger partial charge in [-0.25, -0.2) is 0 Å². The maximum atomic E-state index is 10.5.